The van der Waals surface area contributed by atoms with Gasteiger partial charge >= 0.3 is 6.18 Å². The highest BCUT2D eigenvalue weighted by atomic mass is 19.4. The summed E-state index contributed by atoms with van der Waals surface area (Å²) in [6.45, 7) is 4.24. The topological polar surface area (TPSA) is 42.7 Å². The quantitative estimate of drug-likeness (QED) is 0.844. The molecule has 0 unspecified atom stereocenters. The van der Waals surface area contributed by atoms with Crippen molar-refractivity contribution in [2.75, 3.05) is 6.54 Å². The SMILES string of the molecule is CC(C)CNCc1cn(CC(F)(F)F)nn1. The van der Waals surface area contributed by atoms with Gasteiger partial charge in [-0.25, -0.2) is 4.68 Å². The fourth-order valence-electron chi connectivity index (χ4n) is 1.17. The fraction of sp³-hybridized carbons (Fsp3) is 0.778. The summed E-state index contributed by atoms with van der Waals surface area (Å²) in [5, 5.41) is 10.1. The molecule has 0 bridgehead atoms. The van der Waals surface area contributed by atoms with Crippen LogP contribution in [0.15, 0.2) is 6.20 Å². The molecule has 0 aliphatic carbocycles. The van der Waals surface area contributed by atoms with Gasteiger partial charge in [-0.1, -0.05) is 19.1 Å². The highest BCUT2D eigenvalue weighted by Crippen LogP contribution is 2.16. The normalized spacial score (nSPS) is 12.4. The number of hydrogen-bond donors (Lipinski definition) is 1. The number of halogens is 3. The maximum atomic E-state index is 12.0. The van der Waals surface area contributed by atoms with Crippen LogP contribution in [0.1, 0.15) is 19.5 Å². The molecule has 0 saturated heterocycles. The van der Waals surface area contributed by atoms with Gasteiger partial charge < -0.3 is 5.32 Å². The highest BCUT2D eigenvalue weighted by Gasteiger charge is 2.28. The molecule has 0 atom stereocenters. The third-order valence-electron chi connectivity index (χ3n) is 1.79. The second-order valence-corrected chi connectivity index (χ2v) is 4.05. The molecule has 1 heterocycles. The van der Waals surface area contributed by atoms with Gasteiger partial charge in [-0.2, -0.15) is 13.2 Å². The summed E-state index contributed by atoms with van der Waals surface area (Å²) in [5.74, 6) is 0.491. The summed E-state index contributed by atoms with van der Waals surface area (Å²) in [5.41, 5.74) is 0.518. The maximum absolute atomic E-state index is 12.0. The summed E-state index contributed by atoms with van der Waals surface area (Å²) in [7, 11) is 0. The Morgan fingerprint density at radius 1 is 1.44 bits per heavy atom. The standard InChI is InChI=1S/C9H15F3N4/c1-7(2)3-13-4-8-5-16(15-14-8)6-9(10,11)12/h5,7,13H,3-4,6H2,1-2H3. The molecular formula is C9H15F3N4. The van der Waals surface area contributed by atoms with Crippen LogP contribution in [0.25, 0.3) is 0 Å². The van der Waals surface area contributed by atoms with Crippen LogP contribution in [0.2, 0.25) is 0 Å². The van der Waals surface area contributed by atoms with Crippen LogP contribution < -0.4 is 5.32 Å². The lowest BCUT2D eigenvalue weighted by atomic mass is 10.2. The zero-order valence-electron chi connectivity index (χ0n) is 9.25. The molecule has 1 N–H and O–H groups in total. The van der Waals surface area contributed by atoms with Gasteiger partial charge in [0, 0.05) is 6.54 Å². The first-order valence-corrected chi connectivity index (χ1v) is 5.03. The van der Waals surface area contributed by atoms with Gasteiger partial charge in [-0.3, -0.25) is 0 Å². The molecule has 0 aliphatic rings. The molecule has 4 nitrogen and oxygen atoms in total. The Morgan fingerprint density at radius 3 is 2.69 bits per heavy atom. The summed E-state index contributed by atoms with van der Waals surface area (Å²) < 4.78 is 36.8. The highest BCUT2D eigenvalue weighted by molar-refractivity contribution is 4.91. The van der Waals surface area contributed by atoms with E-state index >= 15 is 0 Å². The van der Waals surface area contributed by atoms with Crippen LogP contribution in [0, 0.1) is 5.92 Å². The molecule has 0 spiro atoms. The average Bonchev–Trinajstić information content (AvgIpc) is 2.48. The molecule has 1 aromatic heterocycles. The first kappa shape index (κ1) is 13.0. The minimum Gasteiger partial charge on any atom is -0.311 e. The van der Waals surface area contributed by atoms with Crippen molar-refractivity contribution in [2.24, 2.45) is 5.92 Å². The Bertz CT molecular complexity index is 319. The molecule has 0 aliphatic heterocycles. The lowest BCUT2D eigenvalue weighted by Crippen LogP contribution is -2.19. The Hall–Kier alpha value is -1.11. The van der Waals surface area contributed by atoms with E-state index in [9.17, 15) is 13.2 Å². The van der Waals surface area contributed by atoms with E-state index in [1.807, 2.05) is 13.8 Å². The minimum atomic E-state index is -4.25. The van der Waals surface area contributed by atoms with Gasteiger partial charge in [0.2, 0.25) is 0 Å². The van der Waals surface area contributed by atoms with E-state index in [0.717, 1.165) is 11.2 Å². The zero-order valence-corrected chi connectivity index (χ0v) is 9.25. The molecule has 1 aromatic rings. The molecule has 92 valence electrons. The molecule has 0 amide bonds. The monoisotopic (exact) mass is 236 g/mol. The number of hydrogen-bond acceptors (Lipinski definition) is 3. The van der Waals surface area contributed by atoms with Crippen LogP contribution in [-0.4, -0.2) is 27.7 Å². The summed E-state index contributed by atoms with van der Waals surface area (Å²) >= 11 is 0. The fourth-order valence-corrected chi connectivity index (χ4v) is 1.17. The van der Waals surface area contributed by atoms with Crippen LogP contribution in [-0.2, 0) is 13.1 Å². The number of rotatable bonds is 5. The average molecular weight is 236 g/mol. The van der Waals surface area contributed by atoms with Crippen molar-refractivity contribution in [3.05, 3.63) is 11.9 Å². The zero-order chi connectivity index (χ0) is 12.2. The van der Waals surface area contributed by atoms with Crippen LogP contribution in [0.5, 0.6) is 0 Å². The minimum absolute atomic E-state index is 0.441. The van der Waals surface area contributed by atoms with Crippen LogP contribution in [0.4, 0.5) is 13.2 Å². The Balaban J connectivity index is 2.40. The van der Waals surface area contributed by atoms with Crippen molar-refractivity contribution in [1.29, 1.82) is 0 Å². The smallest absolute Gasteiger partial charge is 0.311 e. The van der Waals surface area contributed by atoms with Gasteiger partial charge in [0.25, 0.3) is 0 Å². The summed E-state index contributed by atoms with van der Waals surface area (Å²) in [4.78, 5) is 0. The van der Waals surface area contributed by atoms with Crippen molar-refractivity contribution in [2.45, 2.75) is 33.1 Å². The predicted molar refractivity (Wildman–Crippen MR) is 52.6 cm³/mol. The maximum Gasteiger partial charge on any atom is 0.408 e. The lowest BCUT2D eigenvalue weighted by molar-refractivity contribution is -0.142. The molecular weight excluding hydrogens is 221 g/mol. The van der Waals surface area contributed by atoms with E-state index in [4.69, 9.17) is 0 Å². The van der Waals surface area contributed by atoms with E-state index < -0.39 is 12.7 Å². The Kier molecular flexibility index (Phi) is 4.28. The largest absolute Gasteiger partial charge is 0.408 e. The molecule has 0 aromatic carbocycles. The van der Waals surface area contributed by atoms with E-state index in [0.29, 0.717) is 18.2 Å². The predicted octanol–water partition coefficient (Wildman–Crippen LogP) is 1.59. The first-order valence-electron chi connectivity index (χ1n) is 5.03. The molecule has 0 saturated carbocycles. The third kappa shape index (κ3) is 5.11. The van der Waals surface area contributed by atoms with Crippen molar-refractivity contribution >= 4 is 0 Å². The molecule has 1 rings (SSSR count). The van der Waals surface area contributed by atoms with E-state index in [2.05, 4.69) is 15.6 Å². The molecule has 16 heavy (non-hydrogen) atoms. The first-order chi connectivity index (χ1) is 7.37. The van der Waals surface area contributed by atoms with Crippen molar-refractivity contribution in [1.82, 2.24) is 20.3 Å². The second kappa shape index (κ2) is 5.29. The van der Waals surface area contributed by atoms with Gasteiger partial charge in [0.05, 0.1) is 11.9 Å². The van der Waals surface area contributed by atoms with Crippen molar-refractivity contribution in [3.63, 3.8) is 0 Å². The molecule has 0 radical (unpaired) electrons. The van der Waals surface area contributed by atoms with E-state index in [-0.39, 0.29) is 0 Å². The lowest BCUT2D eigenvalue weighted by Gasteiger charge is -2.05. The number of nitrogens with zero attached hydrogens (tertiary/aromatic N) is 3. The number of aromatic nitrogens is 3. The van der Waals surface area contributed by atoms with Crippen LogP contribution >= 0.6 is 0 Å². The van der Waals surface area contributed by atoms with Crippen LogP contribution in [0.3, 0.4) is 0 Å². The third-order valence-corrected chi connectivity index (χ3v) is 1.79. The number of alkyl halides is 3. The van der Waals surface area contributed by atoms with E-state index in [1.165, 1.54) is 6.20 Å². The Labute approximate surface area is 91.8 Å². The van der Waals surface area contributed by atoms with Crippen molar-refractivity contribution in [3.8, 4) is 0 Å². The number of nitrogens with one attached hydrogen (secondary N) is 1. The summed E-state index contributed by atoms with van der Waals surface area (Å²) in [6.07, 6.45) is -2.95. The van der Waals surface area contributed by atoms with Gasteiger partial charge in [-0.15, -0.1) is 5.10 Å². The Morgan fingerprint density at radius 2 is 2.12 bits per heavy atom. The van der Waals surface area contributed by atoms with E-state index in [1.54, 1.807) is 0 Å². The van der Waals surface area contributed by atoms with Gasteiger partial charge in [0.1, 0.15) is 6.54 Å². The second-order valence-electron chi connectivity index (χ2n) is 4.05. The van der Waals surface area contributed by atoms with Crippen molar-refractivity contribution < 1.29 is 13.2 Å². The van der Waals surface area contributed by atoms with Gasteiger partial charge in [-0.05, 0) is 12.5 Å². The van der Waals surface area contributed by atoms with Gasteiger partial charge in [0.15, 0.2) is 0 Å². The molecule has 0 fully saturated rings. The summed E-state index contributed by atoms with van der Waals surface area (Å²) in [6, 6.07) is 0. The molecule has 7 heteroatoms.